The van der Waals surface area contributed by atoms with Gasteiger partial charge in [0.15, 0.2) is 0 Å². The molecule has 0 radical (unpaired) electrons. The van der Waals surface area contributed by atoms with Crippen molar-refractivity contribution in [2.45, 2.75) is 70.0 Å². The van der Waals surface area contributed by atoms with Crippen LogP contribution in [-0.4, -0.2) is 27.5 Å². The molecule has 2 N–H and O–H groups in total. The standard InChI is InChI=1S/C15H25N3O/c19-10-9-18-15-8-4-7-14(13(15)11-16-18)17-12-5-2-1-3-6-12/h11-12,14,17,19H,1-10H2. The lowest BCUT2D eigenvalue weighted by Gasteiger charge is -2.31. The summed E-state index contributed by atoms with van der Waals surface area (Å²) in [7, 11) is 0. The molecule has 0 bridgehead atoms. The number of nitrogens with one attached hydrogen (secondary N) is 1. The van der Waals surface area contributed by atoms with Crippen molar-refractivity contribution in [2.75, 3.05) is 6.61 Å². The predicted octanol–water partition coefficient (Wildman–Crippen LogP) is 2.18. The highest BCUT2D eigenvalue weighted by atomic mass is 16.3. The molecule has 1 aromatic rings. The van der Waals surface area contributed by atoms with Gasteiger partial charge in [-0.05, 0) is 32.1 Å². The van der Waals surface area contributed by atoms with Gasteiger partial charge in [-0.2, -0.15) is 5.10 Å². The lowest BCUT2D eigenvalue weighted by Crippen LogP contribution is -2.36. The Balaban J connectivity index is 1.71. The van der Waals surface area contributed by atoms with Gasteiger partial charge < -0.3 is 10.4 Å². The molecule has 0 aliphatic heterocycles. The molecular formula is C15H25N3O. The van der Waals surface area contributed by atoms with E-state index in [2.05, 4.69) is 10.4 Å². The van der Waals surface area contributed by atoms with E-state index in [9.17, 15) is 0 Å². The highest BCUT2D eigenvalue weighted by molar-refractivity contribution is 5.25. The first-order valence-corrected chi connectivity index (χ1v) is 7.80. The Hall–Kier alpha value is -0.870. The quantitative estimate of drug-likeness (QED) is 0.875. The van der Waals surface area contributed by atoms with Crippen LogP contribution >= 0.6 is 0 Å². The highest BCUT2D eigenvalue weighted by Crippen LogP contribution is 2.31. The normalized spacial score (nSPS) is 24.4. The molecule has 3 rings (SSSR count). The minimum atomic E-state index is 0.175. The largest absolute Gasteiger partial charge is 0.394 e. The summed E-state index contributed by atoms with van der Waals surface area (Å²) in [5, 5.41) is 17.4. The minimum absolute atomic E-state index is 0.175. The molecule has 0 aromatic carbocycles. The zero-order valence-electron chi connectivity index (χ0n) is 11.6. The van der Waals surface area contributed by atoms with E-state index in [1.807, 2.05) is 10.9 Å². The Morgan fingerprint density at radius 2 is 2.05 bits per heavy atom. The monoisotopic (exact) mass is 263 g/mol. The molecule has 1 unspecified atom stereocenters. The first-order chi connectivity index (χ1) is 9.38. The fourth-order valence-corrected chi connectivity index (χ4v) is 3.63. The molecule has 1 saturated carbocycles. The zero-order chi connectivity index (χ0) is 13.1. The Kier molecular flexibility index (Phi) is 4.18. The van der Waals surface area contributed by atoms with Crippen LogP contribution in [0.15, 0.2) is 6.20 Å². The Labute approximate surface area is 115 Å². The van der Waals surface area contributed by atoms with Crippen LogP contribution in [0.5, 0.6) is 0 Å². The van der Waals surface area contributed by atoms with Crippen molar-refractivity contribution in [3.63, 3.8) is 0 Å². The summed E-state index contributed by atoms with van der Waals surface area (Å²) in [5.41, 5.74) is 2.72. The summed E-state index contributed by atoms with van der Waals surface area (Å²) < 4.78 is 1.99. The van der Waals surface area contributed by atoms with Crippen LogP contribution in [0.2, 0.25) is 0 Å². The minimum Gasteiger partial charge on any atom is -0.394 e. The van der Waals surface area contributed by atoms with E-state index in [1.54, 1.807) is 0 Å². The summed E-state index contributed by atoms with van der Waals surface area (Å²) in [6.45, 7) is 0.806. The fraction of sp³-hybridized carbons (Fsp3) is 0.800. The summed E-state index contributed by atoms with van der Waals surface area (Å²) in [4.78, 5) is 0. The first kappa shape index (κ1) is 13.1. The van der Waals surface area contributed by atoms with Crippen molar-refractivity contribution < 1.29 is 5.11 Å². The van der Waals surface area contributed by atoms with Crippen LogP contribution in [-0.2, 0) is 13.0 Å². The number of aromatic nitrogens is 2. The highest BCUT2D eigenvalue weighted by Gasteiger charge is 2.26. The molecular weight excluding hydrogens is 238 g/mol. The molecule has 0 saturated heterocycles. The second-order valence-corrected chi connectivity index (χ2v) is 5.94. The van der Waals surface area contributed by atoms with E-state index < -0.39 is 0 Å². The third-order valence-corrected chi connectivity index (χ3v) is 4.62. The lowest BCUT2D eigenvalue weighted by molar-refractivity contribution is 0.265. The van der Waals surface area contributed by atoms with Crippen molar-refractivity contribution in [2.24, 2.45) is 0 Å². The maximum absolute atomic E-state index is 9.09. The average Bonchev–Trinajstić information content (AvgIpc) is 2.85. The SMILES string of the molecule is OCCn1ncc2c1CCCC2NC1CCCCC1. The van der Waals surface area contributed by atoms with Crippen molar-refractivity contribution in [3.05, 3.63) is 17.5 Å². The van der Waals surface area contributed by atoms with Crippen molar-refractivity contribution in [1.29, 1.82) is 0 Å². The van der Waals surface area contributed by atoms with E-state index in [1.165, 1.54) is 56.2 Å². The predicted molar refractivity (Wildman–Crippen MR) is 75.0 cm³/mol. The number of hydrogen-bond donors (Lipinski definition) is 2. The molecule has 2 aliphatic rings. The maximum atomic E-state index is 9.09. The number of hydrogen-bond acceptors (Lipinski definition) is 3. The molecule has 1 atom stereocenters. The fourth-order valence-electron chi connectivity index (χ4n) is 3.63. The summed E-state index contributed by atoms with van der Waals surface area (Å²) in [6.07, 6.45) is 12.4. The summed E-state index contributed by atoms with van der Waals surface area (Å²) >= 11 is 0. The van der Waals surface area contributed by atoms with E-state index in [0.29, 0.717) is 18.6 Å². The number of nitrogens with zero attached hydrogens (tertiary/aromatic N) is 2. The van der Waals surface area contributed by atoms with Crippen molar-refractivity contribution >= 4 is 0 Å². The molecule has 1 heterocycles. The molecule has 106 valence electrons. The lowest BCUT2D eigenvalue weighted by atomic mass is 9.89. The van der Waals surface area contributed by atoms with Crippen LogP contribution in [0.25, 0.3) is 0 Å². The first-order valence-electron chi connectivity index (χ1n) is 7.80. The Bertz CT molecular complexity index is 410. The zero-order valence-corrected chi connectivity index (χ0v) is 11.6. The van der Waals surface area contributed by atoms with Gasteiger partial charge in [-0.15, -0.1) is 0 Å². The summed E-state index contributed by atoms with van der Waals surface area (Å²) in [6, 6.07) is 1.19. The van der Waals surface area contributed by atoms with Crippen LogP contribution in [0.3, 0.4) is 0 Å². The second kappa shape index (κ2) is 6.06. The third-order valence-electron chi connectivity index (χ3n) is 4.62. The molecule has 4 heteroatoms. The van der Waals surface area contributed by atoms with E-state index >= 15 is 0 Å². The van der Waals surface area contributed by atoms with E-state index in [-0.39, 0.29) is 6.61 Å². The van der Waals surface area contributed by atoms with Gasteiger partial charge in [-0.3, -0.25) is 4.68 Å². The van der Waals surface area contributed by atoms with Gasteiger partial charge in [-0.1, -0.05) is 19.3 Å². The van der Waals surface area contributed by atoms with Gasteiger partial charge in [0.1, 0.15) is 0 Å². The number of rotatable bonds is 4. The van der Waals surface area contributed by atoms with Crippen LogP contribution < -0.4 is 5.32 Å². The molecule has 4 nitrogen and oxygen atoms in total. The summed E-state index contributed by atoms with van der Waals surface area (Å²) in [5.74, 6) is 0. The topological polar surface area (TPSA) is 50.1 Å². The van der Waals surface area contributed by atoms with Gasteiger partial charge in [0.2, 0.25) is 0 Å². The number of fused-ring (bicyclic) bond motifs is 1. The number of aliphatic hydroxyl groups is 1. The van der Waals surface area contributed by atoms with Gasteiger partial charge >= 0.3 is 0 Å². The van der Waals surface area contributed by atoms with Crippen molar-refractivity contribution in [1.82, 2.24) is 15.1 Å². The van der Waals surface area contributed by atoms with Gasteiger partial charge in [0.25, 0.3) is 0 Å². The second-order valence-electron chi connectivity index (χ2n) is 5.94. The van der Waals surface area contributed by atoms with E-state index in [0.717, 1.165) is 6.42 Å². The van der Waals surface area contributed by atoms with Gasteiger partial charge in [0.05, 0.1) is 19.3 Å². The Morgan fingerprint density at radius 1 is 1.21 bits per heavy atom. The maximum Gasteiger partial charge on any atom is 0.0644 e. The number of aliphatic hydroxyl groups excluding tert-OH is 1. The third kappa shape index (κ3) is 2.84. The van der Waals surface area contributed by atoms with Crippen LogP contribution in [0, 0.1) is 0 Å². The molecule has 1 aromatic heterocycles. The molecule has 2 aliphatic carbocycles. The van der Waals surface area contributed by atoms with Crippen molar-refractivity contribution in [3.8, 4) is 0 Å². The molecule has 1 fully saturated rings. The molecule has 0 amide bonds. The van der Waals surface area contributed by atoms with Gasteiger partial charge in [0, 0.05) is 23.3 Å². The molecule has 0 spiro atoms. The average molecular weight is 263 g/mol. The molecule has 19 heavy (non-hydrogen) atoms. The van der Waals surface area contributed by atoms with Crippen LogP contribution in [0.4, 0.5) is 0 Å². The van der Waals surface area contributed by atoms with Crippen LogP contribution in [0.1, 0.15) is 62.2 Å². The van der Waals surface area contributed by atoms with E-state index in [4.69, 9.17) is 5.11 Å². The van der Waals surface area contributed by atoms with Gasteiger partial charge in [-0.25, -0.2) is 0 Å². The Morgan fingerprint density at radius 3 is 2.84 bits per heavy atom. The smallest absolute Gasteiger partial charge is 0.0644 e.